The average Bonchev–Trinajstić information content (AvgIpc) is 2.90. The third-order valence-corrected chi connectivity index (χ3v) is 5.24. The van der Waals surface area contributed by atoms with Crippen molar-refractivity contribution in [1.82, 2.24) is 5.43 Å². The third kappa shape index (κ3) is 5.92. The van der Waals surface area contributed by atoms with E-state index in [0.29, 0.717) is 18.0 Å². The van der Waals surface area contributed by atoms with E-state index in [2.05, 4.69) is 21.2 Å². The Morgan fingerprint density at radius 3 is 2.33 bits per heavy atom. The number of hydrazone groups is 1. The van der Waals surface area contributed by atoms with Crippen LogP contribution in [0.1, 0.15) is 22.8 Å². The molecule has 0 atom stereocenters. The molecular formula is C28H24N4O4. The third-order valence-electron chi connectivity index (χ3n) is 5.24. The van der Waals surface area contributed by atoms with Gasteiger partial charge in [0.05, 0.1) is 24.1 Å². The van der Waals surface area contributed by atoms with Gasteiger partial charge in [-0.1, -0.05) is 54.6 Å². The SMILES string of the molecule is CCOc1ccc(NC(=O)c2ccccc2NC(=O)C(=O)N/N=C/c2cccc3ccccc23)cc1. The number of anilines is 2. The fourth-order valence-electron chi connectivity index (χ4n) is 3.54. The Bertz CT molecular complexity index is 1430. The first kappa shape index (κ1) is 24.2. The number of hydrogen-bond donors (Lipinski definition) is 3. The maximum atomic E-state index is 12.8. The summed E-state index contributed by atoms with van der Waals surface area (Å²) in [6, 6.07) is 26.8. The standard InChI is InChI=1S/C28H24N4O4/c1-2-36-22-16-14-21(15-17-22)30-26(33)24-12-5-6-13-25(24)31-27(34)28(35)32-29-18-20-10-7-9-19-8-3-4-11-23(19)20/h3-18H,2H2,1H3,(H,30,33)(H,31,34)(H,32,35)/b29-18+. The normalized spacial score (nSPS) is 10.7. The van der Waals surface area contributed by atoms with E-state index in [4.69, 9.17) is 4.74 Å². The highest BCUT2D eigenvalue weighted by Crippen LogP contribution is 2.20. The van der Waals surface area contributed by atoms with Gasteiger partial charge in [-0.05, 0) is 54.1 Å². The molecule has 0 unspecified atom stereocenters. The summed E-state index contributed by atoms with van der Waals surface area (Å²) in [5, 5.41) is 11.2. The van der Waals surface area contributed by atoms with E-state index in [1.807, 2.05) is 49.4 Å². The van der Waals surface area contributed by atoms with Crippen molar-refractivity contribution in [1.29, 1.82) is 0 Å². The van der Waals surface area contributed by atoms with E-state index in [0.717, 1.165) is 16.3 Å². The van der Waals surface area contributed by atoms with Crippen LogP contribution in [-0.4, -0.2) is 30.5 Å². The Morgan fingerprint density at radius 1 is 0.806 bits per heavy atom. The van der Waals surface area contributed by atoms with Crippen LogP contribution in [0.4, 0.5) is 11.4 Å². The lowest BCUT2D eigenvalue weighted by Gasteiger charge is -2.11. The molecule has 0 saturated heterocycles. The van der Waals surface area contributed by atoms with Crippen LogP contribution >= 0.6 is 0 Å². The summed E-state index contributed by atoms with van der Waals surface area (Å²) >= 11 is 0. The Labute approximate surface area is 208 Å². The van der Waals surface area contributed by atoms with Crippen molar-refractivity contribution in [2.24, 2.45) is 5.10 Å². The molecule has 0 bridgehead atoms. The zero-order valence-corrected chi connectivity index (χ0v) is 19.5. The van der Waals surface area contributed by atoms with Gasteiger partial charge in [0.2, 0.25) is 0 Å². The molecule has 0 aromatic heterocycles. The van der Waals surface area contributed by atoms with Gasteiger partial charge in [0.15, 0.2) is 0 Å². The van der Waals surface area contributed by atoms with E-state index in [1.165, 1.54) is 12.3 Å². The summed E-state index contributed by atoms with van der Waals surface area (Å²) in [7, 11) is 0. The van der Waals surface area contributed by atoms with Crippen LogP contribution in [-0.2, 0) is 9.59 Å². The predicted octanol–water partition coefficient (Wildman–Crippen LogP) is 4.58. The number of hydrogen-bond acceptors (Lipinski definition) is 5. The Kier molecular flexibility index (Phi) is 7.67. The quantitative estimate of drug-likeness (QED) is 0.204. The van der Waals surface area contributed by atoms with Gasteiger partial charge in [-0.25, -0.2) is 5.43 Å². The first-order valence-electron chi connectivity index (χ1n) is 11.3. The number of amides is 3. The number of carbonyl (C=O) groups excluding carboxylic acids is 3. The minimum Gasteiger partial charge on any atom is -0.494 e. The second-order valence-electron chi connectivity index (χ2n) is 7.68. The molecule has 4 rings (SSSR count). The summed E-state index contributed by atoms with van der Waals surface area (Å²) in [4.78, 5) is 37.6. The van der Waals surface area contributed by atoms with Crippen LogP contribution in [0.15, 0.2) is 96.1 Å². The molecule has 36 heavy (non-hydrogen) atoms. The first-order valence-corrected chi connectivity index (χ1v) is 11.3. The molecule has 8 heteroatoms. The maximum Gasteiger partial charge on any atom is 0.329 e. The van der Waals surface area contributed by atoms with E-state index in [-0.39, 0.29) is 11.3 Å². The van der Waals surface area contributed by atoms with Gasteiger partial charge in [-0.2, -0.15) is 5.10 Å². The minimum atomic E-state index is -0.965. The molecule has 0 fully saturated rings. The number of rotatable bonds is 7. The molecule has 4 aromatic carbocycles. The number of benzene rings is 4. The molecule has 0 radical (unpaired) electrons. The predicted molar refractivity (Wildman–Crippen MR) is 140 cm³/mol. The molecule has 0 heterocycles. The van der Waals surface area contributed by atoms with Gasteiger partial charge < -0.3 is 15.4 Å². The van der Waals surface area contributed by atoms with Crippen molar-refractivity contribution in [2.45, 2.75) is 6.92 Å². The lowest BCUT2D eigenvalue weighted by Crippen LogP contribution is -2.33. The van der Waals surface area contributed by atoms with Crippen LogP contribution in [0.5, 0.6) is 5.75 Å². The summed E-state index contributed by atoms with van der Waals surface area (Å²) in [6.45, 7) is 2.43. The van der Waals surface area contributed by atoms with Gasteiger partial charge in [0.1, 0.15) is 5.75 Å². The molecule has 180 valence electrons. The highest BCUT2D eigenvalue weighted by atomic mass is 16.5. The van der Waals surface area contributed by atoms with Gasteiger partial charge in [0.25, 0.3) is 5.91 Å². The van der Waals surface area contributed by atoms with E-state index in [1.54, 1.807) is 42.5 Å². The zero-order valence-electron chi connectivity index (χ0n) is 19.5. The lowest BCUT2D eigenvalue weighted by atomic mass is 10.1. The minimum absolute atomic E-state index is 0.194. The van der Waals surface area contributed by atoms with Gasteiger partial charge in [-0.15, -0.1) is 0 Å². The number of nitrogens with zero attached hydrogens (tertiary/aromatic N) is 1. The average molecular weight is 481 g/mol. The summed E-state index contributed by atoms with van der Waals surface area (Å²) in [6.07, 6.45) is 1.48. The largest absolute Gasteiger partial charge is 0.494 e. The monoisotopic (exact) mass is 480 g/mol. The van der Waals surface area contributed by atoms with Crippen LogP contribution in [0.3, 0.4) is 0 Å². The molecule has 0 spiro atoms. The maximum absolute atomic E-state index is 12.8. The Hall–Kier alpha value is -4.98. The Morgan fingerprint density at radius 2 is 1.53 bits per heavy atom. The lowest BCUT2D eigenvalue weighted by molar-refractivity contribution is -0.136. The van der Waals surface area contributed by atoms with Gasteiger partial charge >= 0.3 is 11.8 Å². The number of para-hydroxylation sites is 1. The van der Waals surface area contributed by atoms with E-state index >= 15 is 0 Å². The molecule has 3 amide bonds. The van der Waals surface area contributed by atoms with Gasteiger partial charge in [0, 0.05) is 11.3 Å². The number of nitrogens with one attached hydrogen (secondary N) is 3. The van der Waals surface area contributed by atoms with E-state index < -0.39 is 17.7 Å². The molecule has 8 nitrogen and oxygen atoms in total. The second kappa shape index (κ2) is 11.4. The smallest absolute Gasteiger partial charge is 0.329 e. The molecule has 0 aliphatic carbocycles. The highest BCUT2D eigenvalue weighted by molar-refractivity contribution is 6.40. The number of carbonyl (C=O) groups is 3. The van der Waals surface area contributed by atoms with Crippen LogP contribution in [0.2, 0.25) is 0 Å². The zero-order chi connectivity index (χ0) is 25.3. The molecule has 0 saturated carbocycles. The fraction of sp³-hybridized carbons (Fsp3) is 0.0714. The van der Waals surface area contributed by atoms with Crippen LogP contribution in [0.25, 0.3) is 10.8 Å². The summed E-state index contributed by atoms with van der Waals surface area (Å²) < 4.78 is 5.40. The van der Waals surface area contributed by atoms with Crippen molar-refractivity contribution >= 4 is 46.1 Å². The van der Waals surface area contributed by atoms with E-state index in [9.17, 15) is 14.4 Å². The molecule has 0 aliphatic heterocycles. The van der Waals surface area contributed by atoms with Gasteiger partial charge in [-0.3, -0.25) is 14.4 Å². The molecule has 3 N–H and O–H groups in total. The first-order chi connectivity index (χ1) is 17.5. The highest BCUT2D eigenvalue weighted by Gasteiger charge is 2.18. The Balaban J connectivity index is 1.39. The van der Waals surface area contributed by atoms with Crippen molar-refractivity contribution in [3.63, 3.8) is 0 Å². The van der Waals surface area contributed by atoms with Crippen molar-refractivity contribution in [3.8, 4) is 5.75 Å². The molecule has 4 aromatic rings. The second-order valence-corrected chi connectivity index (χ2v) is 7.68. The number of fused-ring (bicyclic) bond motifs is 1. The van der Waals surface area contributed by atoms with Crippen LogP contribution < -0.4 is 20.8 Å². The molecular weight excluding hydrogens is 456 g/mol. The van der Waals surface area contributed by atoms with Crippen molar-refractivity contribution < 1.29 is 19.1 Å². The summed E-state index contributed by atoms with van der Waals surface area (Å²) in [5.74, 6) is -1.67. The van der Waals surface area contributed by atoms with Crippen molar-refractivity contribution in [3.05, 3.63) is 102 Å². The number of ether oxygens (including phenoxy) is 1. The topological polar surface area (TPSA) is 109 Å². The fourth-order valence-corrected chi connectivity index (χ4v) is 3.54. The van der Waals surface area contributed by atoms with Crippen LogP contribution in [0, 0.1) is 0 Å². The van der Waals surface area contributed by atoms with Crippen molar-refractivity contribution in [2.75, 3.05) is 17.2 Å². The molecule has 0 aliphatic rings. The summed E-state index contributed by atoms with van der Waals surface area (Å²) in [5.41, 5.74) is 3.98.